The Hall–Kier alpha value is -3.21. The fourth-order valence-corrected chi connectivity index (χ4v) is 4.58. The first kappa shape index (κ1) is 13.5. The van der Waals surface area contributed by atoms with Crippen LogP contribution >= 0.6 is 0 Å². The number of rotatable bonds is 10. The van der Waals surface area contributed by atoms with Crippen molar-refractivity contribution < 1.29 is 33.7 Å². The molecule has 1 aliphatic heterocycles. The minimum absolute atomic E-state index is 0.0948. The van der Waals surface area contributed by atoms with Crippen LogP contribution in [0.2, 0.25) is 0 Å². The van der Waals surface area contributed by atoms with Gasteiger partial charge in [-0.15, -0.1) is 0 Å². The standard InChI is InChI=1S/C27H36N6O3S/c1-20-19-28-26(30-21-10-12-23(13-11-21)36-17-16-33-14-5-6-15-33)31-25(20)29-22-8-7-9-24(18-22)37(34,35)32-27(2,3)4/h7-13,18-19,32H,5-6,14-17H2,1-4H3,(H2,28,29,30,31)/i1D3,2D3,3D3,4D3,17D2,19D. The highest BCUT2D eigenvalue weighted by Gasteiger charge is 2.22. The van der Waals surface area contributed by atoms with Crippen molar-refractivity contribution in [3.05, 3.63) is 60.3 Å². The molecule has 2 heterocycles. The van der Waals surface area contributed by atoms with E-state index in [0.717, 1.165) is 44.1 Å². The SMILES string of the molecule is [2H]c1nc(Nc2ccc(OC([2H])([2H])CN3CCCC3)cc2)nc(Nc2cccc(S(=O)(=O)NC(C([2H])([2H])[2H])(C([2H])([2H])[2H])C([2H])([2H])[2H])c2)c1C([2H])([2H])[2H]. The molecule has 10 heteroatoms. The molecule has 37 heavy (non-hydrogen) atoms. The summed E-state index contributed by atoms with van der Waals surface area (Å²) in [7, 11) is -5.20. The molecule has 3 N–H and O–H groups in total. The van der Waals surface area contributed by atoms with E-state index in [9.17, 15) is 8.42 Å². The van der Waals surface area contributed by atoms with E-state index >= 15 is 0 Å². The Morgan fingerprint density at radius 3 is 2.62 bits per heavy atom. The minimum Gasteiger partial charge on any atom is -0.492 e. The van der Waals surface area contributed by atoms with Crippen molar-refractivity contribution in [3.63, 3.8) is 0 Å². The minimum atomic E-state index is -5.20. The van der Waals surface area contributed by atoms with Crippen LogP contribution < -0.4 is 20.1 Å². The highest BCUT2D eigenvalue weighted by Crippen LogP contribution is 2.24. The van der Waals surface area contributed by atoms with Crippen LogP contribution in [0.4, 0.5) is 23.1 Å². The van der Waals surface area contributed by atoms with Gasteiger partial charge in [0.1, 0.15) is 18.1 Å². The lowest BCUT2D eigenvalue weighted by Gasteiger charge is -2.20. The topological polar surface area (TPSA) is 108 Å². The van der Waals surface area contributed by atoms with Crippen molar-refractivity contribution in [2.75, 3.05) is 36.8 Å². The molecule has 9 nitrogen and oxygen atoms in total. The van der Waals surface area contributed by atoms with E-state index in [4.69, 9.17) is 25.3 Å². The Bertz CT molecular complexity index is 1810. The van der Waals surface area contributed by atoms with Gasteiger partial charge in [-0.05, 0) is 95.8 Å². The zero-order valence-electron chi connectivity index (χ0n) is 34.6. The number of likely N-dealkylation sites (tertiary alicyclic amines) is 1. The molecular formula is C27H36N6O3S. The first-order chi connectivity index (χ1) is 23.7. The van der Waals surface area contributed by atoms with Crippen LogP contribution in [0.3, 0.4) is 0 Å². The monoisotopic (exact) mass is 539 g/mol. The van der Waals surface area contributed by atoms with Crippen LogP contribution in [-0.2, 0) is 10.0 Å². The number of sulfonamides is 1. The molecule has 0 spiro atoms. The second-order valence-electron chi connectivity index (χ2n) is 8.27. The van der Waals surface area contributed by atoms with E-state index in [2.05, 4.69) is 20.6 Å². The van der Waals surface area contributed by atoms with Crippen LogP contribution in [-0.4, -0.2) is 55.0 Å². The lowest BCUT2D eigenvalue weighted by molar-refractivity contribution is 0.238. The molecule has 4 rings (SSSR count). The highest BCUT2D eigenvalue weighted by atomic mass is 32.2. The Labute approximate surface area is 240 Å². The van der Waals surface area contributed by atoms with Crippen molar-refractivity contribution >= 4 is 33.2 Å². The van der Waals surface area contributed by atoms with Gasteiger partial charge in [0.2, 0.25) is 16.0 Å². The average Bonchev–Trinajstić information content (AvgIpc) is 3.46. The summed E-state index contributed by atoms with van der Waals surface area (Å²) in [5, 5.41) is 5.43. The molecule has 0 saturated carbocycles. The maximum atomic E-state index is 13.4. The van der Waals surface area contributed by atoms with E-state index in [1.54, 1.807) is 0 Å². The number of hydrogen-bond donors (Lipinski definition) is 3. The number of nitrogens with one attached hydrogen (secondary N) is 3. The van der Waals surface area contributed by atoms with Gasteiger partial charge in [0, 0.05) is 51.6 Å². The molecule has 3 aromatic rings. The van der Waals surface area contributed by atoms with Gasteiger partial charge in [-0.2, -0.15) is 4.98 Å². The molecule has 1 aliphatic rings. The van der Waals surface area contributed by atoms with Gasteiger partial charge in [0.25, 0.3) is 0 Å². The van der Waals surface area contributed by atoms with E-state index in [1.165, 1.54) is 35.1 Å². The molecule has 0 radical (unpaired) electrons. The summed E-state index contributed by atoms with van der Waals surface area (Å²) in [6.07, 6.45) is 1.26. The van der Waals surface area contributed by atoms with Crippen LogP contribution in [0.15, 0.2) is 59.6 Å². The van der Waals surface area contributed by atoms with Crippen molar-refractivity contribution in [1.82, 2.24) is 19.6 Å². The summed E-state index contributed by atoms with van der Waals surface area (Å²) in [5.74, 6) is -0.487. The normalized spacial score (nSPS) is 22.2. The van der Waals surface area contributed by atoms with Gasteiger partial charge in [-0.1, -0.05) is 6.07 Å². The Morgan fingerprint density at radius 2 is 1.89 bits per heavy atom. The lowest BCUT2D eigenvalue weighted by Crippen LogP contribution is -2.40. The van der Waals surface area contributed by atoms with Crippen LogP contribution in [0.1, 0.15) is 59.5 Å². The third-order valence-corrected chi connectivity index (χ3v) is 6.66. The summed E-state index contributed by atoms with van der Waals surface area (Å²) in [5.41, 5.74) is -4.38. The second-order valence-corrected chi connectivity index (χ2v) is 9.95. The number of nitrogens with zero attached hydrogens (tertiary/aromatic N) is 3. The molecule has 1 saturated heterocycles. The summed E-state index contributed by atoms with van der Waals surface area (Å²) in [6.45, 7) is -14.8. The van der Waals surface area contributed by atoms with Crippen LogP contribution in [0.25, 0.3) is 0 Å². The van der Waals surface area contributed by atoms with Gasteiger partial charge in [-0.25, -0.2) is 18.1 Å². The lowest BCUT2D eigenvalue weighted by atomic mass is 10.1. The third kappa shape index (κ3) is 7.88. The predicted octanol–water partition coefficient (Wildman–Crippen LogP) is 4.82. The van der Waals surface area contributed by atoms with Gasteiger partial charge < -0.3 is 15.4 Å². The Kier molecular flexibility index (Phi) is 4.19. The quantitative estimate of drug-likeness (QED) is 0.336. The molecule has 1 aromatic heterocycles. The molecule has 198 valence electrons. The molecule has 1 fully saturated rings. The zero-order chi connectivity index (χ0) is 39.1. The third-order valence-electron chi connectivity index (χ3n) is 5.21. The first-order valence-electron chi connectivity index (χ1n) is 18.7. The number of anilines is 4. The number of ether oxygens (including phenoxy) is 1. The summed E-state index contributed by atoms with van der Waals surface area (Å²) < 4.78 is 152. The smallest absolute Gasteiger partial charge is 0.241 e. The summed E-state index contributed by atoms with van der Waals surface area (Å²) in [4.78, 5) is 9.30. The molecular weight excluding hydrogens is 488 g/mol. The second kappa shape index (κ2) is 11.5. The number of benzene rings is 2. The molecule has 2 aromatic carbocycles. The molecule has 0 unspecified atom stereocenters. The predicted molar refractivity (Wildman–Crippen MR) is 147 cm³/mol. The molecule has 0 bridgehead atoms. The molecule has 0 aliphatic carbocycles. The number of aromatic nitrogens is 2. The first-order valence-corrected chi connectivity index (χ1v) is 12.7. The van der Waals surface area contributed by atoms with Crippen molar-refractivity contribution in [2.24, 2.45) is 0 Å². The van der Waals surface area contributed by atoms with Gasteiger partial charge in [0.05, 0.1) is 9.01 Å². The Morgan fingerprint density at radius 1 is 1.11 bits per heavy atom. The summed E-state index contributed by atoms with van der Waals surface area (Å²) >= 11 is 0. The molecule has 0 atom stereocenters. The van der Waals surface area contributed by atoms with E-state index in [-0.39, 0.29) is 23.9 Å². The van der Waals surface area contributed by atoms with Gasteiger partial charge >= 0.3 is 0 Å². The maximum absolute atomic E-state index is 13.4. The van der Waals surface area contributed by atoms with Crippen LogP contribution in [0.5, 0.6) is 5.75 Å². The zero-order valence-corrected chi connectivity index (χ0v) is 20.4. The fourth-order valence-electron chi connectivity index (χ4n) is 3.52. The number of hydrogen-bond acceptors (Lipinski definition) is 8. The van der Waals surface area contributed by atoms with E-state index < -0.39 is 72.0 Å². The van der Waals surface area contributed by atoms with Crippen molar-refractivity contribution in [1.29, 1.82) is 0 Å². The van der Waals surface area contributed by atoms with Crippen molar-refractivity contribution in [2.45, 2.75) is 50.7 Å². The largest absolute Gasteiger partial charge is 0.492 e. The Balaban J connectivity index is 1.63. The van der Waals surface area contributed by atoms with Crippen molar-refractivity contribution in [3.8, 4) is 5.75 Å². The summed E-state index contributed by atoms with van der Waals surface area (Å²) in [6, 6.07) is 10.2. The van der Waals surface area contributed by atoms with Gasteiger partial charge in [0.15, 0.2) is 0 Å². The fraction of sp³-hybridized carbons (Fsp3) is 0.407. The maximum Gasteiger partial charge on any atom is 0.241 e. The van der Waals surface area contributed by atoms with E-state index in [0.29, 0.717) is 5.69 Å². The van der Waals surface area contributed by atoms with Crippen LogP contribution in [0, 0.1) is 6.85 Å². The highest BCUT2D eigenvalue weighted by molar-refractivity contribution is 7.89. The van der Waals surface area contributed by atoms with Gasteiger partial charge in [-0.3, -0.25) is 4.90 Å². The van der Waals surface area contributed by atoms with E-state index in [1.807, 2.05) is 4.90 Å². The average molecular weight is 540 g/mol. The molecule has 0 amide bonds.